The van der Waals surface area contributed by atoms with Gasteiger partial charge in [0.1, 0.15) is 0 Å². The third kappa shape index (κ3) is 5.60. The van der Waals surface area contributed by atoms with Crippen LogP contribution in [0.15, 0.2) is 66.7 Å². The third-order valence-electron chi connectivity index (χ3n) is 6.00. The lowest BCUT2D eigenvalue weighted by Gasteiger charge is -2.23. The van der Waals surface area contributed by atoms with E-state index in [0.29, 0.717) is 11.3 Å². The highest BCUT2D eigenvalue weighted by Crippen LogP contribution is 2.29. The van der Waals surface area contributed by atoms with Gasteiger partial charge in [-0.2, -0.15) is 0 Å². The van der Waals surface area contributed by atoms with Crippen LogP contribution in [-0.2, 0) is 0 Å². The van der Waals surface area contributed by atoms with Crippen LogP contribution < -0.4 is 15.5 Å². The summed E-state index contributed by atoms with van der Waals surface area (Å²) in [4.78, 5) is 38.7. The van der Waals surface area contributed by atoms with Gasteiger partial charge in [0.05, 0.1) is 27.1 Å². The lowest BCUT2D eigenvalue weighted by Crippen LogP contribution is -2.29. The van der Waals surface area contributed by atoms with E-state index in [0.717, 1.165) is 43.2 Å². The molecule has 2 N–H and O–H groups in total. The van der Waals surface area contributed by atoms with Crippen LogP contribution in [0.25, 0.3) is 0 Å². The number of amides is 2. The normalized spacial score (nSPS) is 13.8. The van der Waals surface area contributed by atoms with Crippen molar-refractivity contribution in [2.45, 2.75) is 25.8 Å². The summed E-state index contributed by atoms with van der Waals surface area (Å²) in [5.74, 6) is -0.768. The van der Waals surface area contributed by atoms with Gasteiger partial charge in [-0.05, 0) is 49.6 Å². The minimum absolute atomic E-state index is 0.0277. The van der Waals surface area contributed by atoms with Crippen molar-refractivity contribution in [2.24, 2.45) is 0 Å². The molecule has 1 fully saturated rings. The van der Waals surface area contributed by atoms with Crippen molar-refractivity contribution < 1.29 is 14.5 Å². The number of rotatable bonds is 7. The molecular weight excluding hydrogens is 468 g/mol. The molecule has 35 heavy (non-hydrogen) atoms. The summed E-state index contributed by atoms with van der Waals surface area (Å²) >= 11 is 6.11. The number of hydrogen-bond donors (Lipinski definition) is 2. The van der Waals surface area contributed by atoms with Gasteiger partial charge in [-0.1, -0.05) is 41.9 Å². The highest BCUT2D eigenvalue weighted by molar-refractivity contribution is 6.34. The van der Waals surface area contributed by atoms with Gasteiger partial charge in [-0.3, -0.25) is 19.7 Å². The van der Waals surface area contributed by atoms with E-state index in [1.807, 2.05) is 43.3 Å². The molecule has 180 valence electrons. The molecule has 2 amide bonds. The summed E-state index contributed by atoms with van der Waals surface area (Å²) in [6, 6.07) is 18.4. The standard InChI is InChI=1S/C26H25ClN4O4/c1-17(18-7-3-2-4-8-18)28-26(33)22-15-19(9-12-24(22)30-13-5-6-14-30)29-25(32)21-11-10-20(31(34)35)16-23(21)27/h2-4,7-12,15-17H,5-6,13-14H2,1H3,(H,28,33)(H,29,32)/t17-/m1/s1. The Balaban J connectivity index is 1.59. The van der Waals surface area contributed by atoms with Crippen LogP contribution >= 0.6 is 11.6 Å². The maximum absolute atomic E-state index is 13.3. The number of non-ortho nitro benzene ring substituents is 1. The molecule has 0 saturated carbocycles. The molecule has 0 aromatic heterocycles. The fraction of sp³-hybridized carbons (Fsp3) is 0.231. The quantitative estimate of drug-likeness (QED) is 0.330. The second kappa shape index (κ2) is 10.6. The second-order valence-corrected chi connectivity index (χ2v) is 8.81. The summed E-state index contributed by atoms with van der Waals surface area (Å²) < 4.78 is 0. The van der Waals surface area contributed by atoms with Gasteiger partial charge >= 0.3 is 0 Å². The summed E-state index contributed by atoms with van der Waals surface area (Å²) in [6.07, 6.45) is 2.11. The van der Waals surface area contributed by atoms with Crippen LogP contribution in [0.4, 0.5) is 17.1 Å². The smallest absolute Gasteiger partial charge is 0.270 e. The molecule has 3 aromatic carbocycles. The fourth-order valence-electron chi connectivity index (χ4n) is 4.13. The second-order valence-electron chi connectivity index (χ2n) is 8.41. The fourth-order valence-corrected chi connectivity index (χ4v) is 4.39. The van der Waals surface area contributed by atoms with E-state index in [9.17, 15) is 19.7 Å². The first kappa shape index (κ1) is 24.2. The lowest BCUT2D eigenvalue weighted by atomic mass is 10.1. The number of hydrogen-bond acceptors (Lipinski definition) is 5. The Kier molecular flexibility index (Phi) is 7.31. The van der Waals surface area contributed by atoms with Crippen molar-refractivity contribution in [1.29, 1.82) is 0 Å². The first-order valence-corrected chi connectivity index (χ1v) is 11.7. The van der Waals surface area contributed by atoms with Crippen LogP contribution in [0.1, 0.15) is 52.1 Å². The number of carbonyl (C=O) groups is 2. The van der Waals surface area contributed by atoms with Crippen LogP contribution in [0.3, 0.4) is 0 Å². The maximum atomic E-state index is 13.3. The Morgan fingerprint density at radius 2 is 1.69 bits per heavy atom. The summed E-state index contributed by atoms with van der Waals surface area (Å²) in [5.41, 5.74) is 2.58. The molecule has 9 heteroatoms. The predicted molar refractivity (Wildman–Crippen MR) is 136 cm³/mol. The van der Waals surface area contributed by atoms with Gasteiger partial charge in [-0.25, -0.2) is 0 Å². The van der Waals surface area contributed by atoms with E-state index in [1.54, 1.807) is 12.1 Å². The molecule has 8 nitrogen and oxygen atoms in total. The maximum Gasteiger partial charge on any atom is 0.270 e. The van der Waals surface area contributed by atoms with Crippen LogP contribution in [0.5, 0.6) is 0 Å². The number of benzene rings is 3. The monoisotopic (exact) mass is 492 g/mol. The SMILES string of the molecule is C[C@@H](NC(=O)c1cc(NC(=O)c2ccc([N+](=O)[O-])cc2Cl)ccc1N1CCCC1)c1ccccc1. The number of nitro benzene ring substituents is 1. The topological polar surface area (TPSA) is 105 Å². The first-order chi connectivity index (χ1) is 16.8. The molecule has 1 aliphatic heterocycles. The summed E-state index contributed by atoms with van der Waals surface area (Å²) in [5, 5.41) is 16.7. The Bertz CT molecular complexity index is 1260. The van der Waals surface area contributed by atoms with Gasteiger partial charge in [-0.15, -0.1) is 0 Å². The first-order valence-electron chi connectivity index (χ1n) is 11.3. The Labute approximate surface area is 208 Å². The Morgan fingerprint density at radius 3 is 2.34 bits per heavy atom. The third-order valence-corrected chi connectivity index (χ3v) is 6.31. The lowest BCUT2D eigenvalue weighted by molar-refractivity contribution is -0.384. The average molecular weight is 493 g/mol. The highest BCUT2D eigenvalue weighted by Gasteiger charge is 2.22. The molecule has 1 aliphatic rings. The van der Waals surface area contributed by atoms with Gasteiger partial charge in [0.15, 0.2) is 0 Å². The highest BCUT2D eigenvalue weighted by atomic mass is 35.5. The van der Waals surface area contributed by atoms with Gasteiger partial charge < -0.3 is 15.5 Å². The van der Waals surface area contributed by atoms with Crippen LogP contribution in [-0.4, -0.2) is 29.8 Å². The minimum atomic E-state index is -0.577. The number of anilines is 2. The molecule has 0 aliphatic carbocycles. The molecule has 0 bridgehead atoms. The number of halogens is 1. The molecule has 3 aromatic rings. The van der Waals surface area contributed by atoms with Crippen molar-refractivity contribution >= 4 is 40.5 Å². The predicted octanol–water partition coefficient (Wildman–Crippen LogP) is 5.59. The van der Waals surface area contributed by atoms with Crippen molar-refractivity contribution in [2.75, 3.05) is 23.3 Å². The minimum Gasteiger partial charge on any atom is -0.371 e. The molecule has 4 rings (SSSR count). The number of nitrogens with one attached hydrogen (secondary N) is 2. The molecular formula is C26H25ClN4O4. The van der Waals surface area contributed by atoms with Crippen molar-refractivity contribution in [3.63, 3.8) is 0 Å². The van der Waals surface area contributed by atoms with Crippen molar-refractivity contribution in [3.05, 3.63) is 98.6 Å². The molecule has 0 unspecified atom stereocenters. The zero-order chi connectivity index (χ0) is 24.9. The van der Waals surface area contributed by atoms with Gasteiger partial charge in [0, 0.05) is 36.6 Å². The van der Waals surface area contributed by atoms with E-state index < -0.39 is 10.8 Å². The van der Waals surface area contributed by atoms with E-state index in [-0.39, 0.29) is 28.2 Å². The molecule has 0 radical (unpaired) electrons. The van der Waals surface area contributed by atoms with Gasteiger partial charge in [0.25, 0.3) is 17.5 Å². The number of nitrogens with zero attached hydrogens (tertiary/aromatic N) is 2. The van der Waals surface area contributed by atoms with E-state index in [4.69, 9.17) is 11.6 Å². The van der Waals surface area contributed by atoms with E-state index >= 15 is 0 Å². The van der Waals surface area contributed by atoms with Crippen molar-refractivity contribution in [3.8, 4) is 0 Å². The number of carbonyl (C=O) groups excluding carboxylic acids is 2. The largest absolute Gasteiger partial charge is 0.371 e. The molecule has 0 spiro atoms. The van der Waals surface area contributed by atoms with E-state index in [1.165, 1.54) is 12.1 Å². The van der Waals surface area contributed by atoms with Crippen LogP contribution in [0, 0.1) is 10.1 Å². The molecule has 1 atom stereocenters. The van der Waals surface area contributed by atoms with Gasteiger partial charge in [0.2, 0.25) is 0 Å². The number of nitro groups is 1. The average Bonchev–Trinajstić information content (AvgIpc) is 3.39. The molecule has 1 heterocycles. The van der Waals surface area contributed by atoms with E-state index in [2.05, 4.69) is 15.5 Å². The van der Waals surface area contributed by atoms with Crippen LogP contribution in [0.2, 0.25) is 5.02 Å². The summed E-state index contributed by atoms with van der Waals surface area (Å²) in [6.45, 7) is 3.64. The Hall–Kier alpha value is -3.91. The summed E-state index contributed by atoms with van der Waals surface area (Å²) in [7, 11) is 0. The molecule has 1 saturated heterocycles. The zero-order valence-electron chi connectivity index (χ0n) is 19.2. The van der Waals surface area contributed by atoms with Crippen molar-refractivity contribution in [1.82, 2.24) is 5.32 Å². The zero-order valence-corrected chi connectivity index (χ0v) is 19.9. The Morgan fingerprint density at radius 1 is 0.971 bits per heavy atom.